The standard InChI is InChI=1S/C15H19N3S/c1-10-5-4-6-11(9-10)19-14-12-7-2-3-8-13(12)17-15(16)18-14/h2-3,7-8,10-11H,4-6,9H2,1H3,(H2,16,17,18). The summed E-state index contributed by atoms with van der Waals surface area (Å²) in [6.45, 7) is 2.35. The van der Waals surface area contributed by atoms with Crippen LogP contribution in [0.3, 0.4) is 0 Å². The van der Waals surface area contributed by atoms with Gasteiger partial charge in [-0.1, -0.05) is 38.0 Å². The minimum absolute atomic E-state index is 0.380. The van der Waals surface area contributed by atoms with Gasteiger partial charge in [0.25, 0.3) is 0 Å². The molecule has 2 unspecified atom stereocenters. The Morgan fingerprint density at radius 1 is 1.21 bits per heavy atom. The SMILES string of the molecule is CC1CCCC(Sc2nc(N)nc3ccccc23)C1. The highest BCUT2D eigenvalue weighted by molar-refractivity contribution is 8.00. The number of fused-ring (bicyclic) bond motifs is 1. The molecule has 4 heteroatoms. The quantitative estimate of drug-likeness (QED) is 0.844. The fourth-order valence-corrected chi connectivity index (χ4v) is 4.27. The van der Waals surface area contributed by atoms with E-state index in [4.69, 9.17) is 5.73 Å². The van der Waals surface area contributed by atoms with Crippen LogP contribution in [0.4, 0.5) is 5.95 Å². The highest BCUT2D eigenvalue weighted by Crippen LogP contribution is 2.37. The first-order valence-electron chi connectivity index (χ1n) is 6.91. The normalized spacial score (nSPS) is 23.6. The molecule has 1 aliphatic rings. The molecule has 0 spiro atoms. The van der Waals surface area contributed by atoms with Crippen LogP contribution in [0, 0.1) is 5.92 Å². The molecule has 0 amide bonds. The minimum Gasteiger partial charge on any atom is -0.368 e. The van der Waals surface area contributed by atoms with Crippen LogP contribution in [0.2, 0.25) is 0 Å². The maximum absolute atomic E-state index is 5.82. The summed E-state index contributed by atoms with van der Waals surface area (Å²) in [6.07, 6.45) is 5.26. The van der Waals surface area contributed by atoms with Gasteiger partial charge in [0, 0.05) is 10.6 Å². The molecule has 1 aromatic carbocycles. The van der Waals surface area contributed by atoms with Crippen LogP contribution in [-0.2, 0) is 0 Å². The van der Waals surface area contributed by atoms with E-state index in [1.165, 1.54) is 25.7 Å². The van der Waals surface area contributed by atoms with Gasteiger partial charge in [0.15, 0.2) is 0 Å². The molecule has 0 saturated heterocycles. The van der Waals surface area contributed by atoms with Gasteiger partial charge in [0.05, 0.1) is 5.52 Å². The van der Waals surface area contributed by atoms with E-state index in [1.54, 1.807) is 0 Å². The molecule has 1 aliphatic carbocycles. The zero-order chi connectivity index (χ0) is 13.2. The average Bonchev–Trinajstić information content (AvgIpc) is 2.38. The highest BCUT2D eigenvalue weighted by atomic mass is 32.2. The van der Waals surface area contributed by atoms with E-state index < -0.39 is 0 Å². The molecule has 2 N–H and O–H groups in total. The van der Waals surface area contributed by atoms with Gasteiger partial charge < -0.3 is 5.73 Å². The van der Waals surface area contributed by atoms with Crippen molar-refractivity contribution in [2.24, 2.45) is 5.92 Å². The number of hydrogen-bond donors (Lipinski definition) is 1. The van der Waals surface area contributed by atoms with E-state index >= 15 is 0 Å². The molecule has 0 bridgehead atoms. The van der Waals surface area contributed by atoms with Crippen molar-refractivity contribution in [1.29, 1.82) is 0 Å². The van der Waals surface area contributed by atoms with Crippen LogP contribution in [0.15, 0.2) is 29.3 Å². The van der Waals surface area contributed by atoms with Crippen molar-refractivity contribution in [3.8, 4) is 0 Å². The molecular formula is C15H19N3S. The molecule has 1 fully saturated rings. The Labute approximate surface area is 118 Å². The molecule has 100 valence electrons. The third-order valence-corrected chi connectivity index (χ3v) is 5.05. The Kier molecular flexibility index (Phi) is 3.60. The maximum atomic E-state index is 5.82. The van der Waals surface area contributed by atoms with E-state index in [-0.39, 0.29) is 0 Å². The first-order valence-corrected chi connectivity index (χ1v) is 7.79. The molecule has 2 aromatic rings. The topological polar surface area (TPSA) is 51.8 Å². The van der Waals surface area contributed by atoms with Crippen molar-refractivity contribution >= 4 is 28.6 Å². The van der Waals surface area contributed by atoms with Gasteiger partial charge in [0.2, 0.25) is 5.95 Å². The number of thioether (sulfide) groups is 1. The summed E-state index contributed by atoms with van der Waals surface area (Å²) in [4.78, 5) is 8.75. The number of aromatic nitrogens is 2. The van der Waals surface area contributed by atoms with Gasteiger partial charge in [-0.25, -0.2) is 9.97 Å². The Hall–Kier alpha value is -1.29. The van der Waals surface area contributed by atoms with Crippen molar-refractivity contribution in [2.75, 3.05) is 5.73 Å². The number of rotatable bonds is 2. The summed E-state index contributed by atoms with van der Waals surface area (Å²) in [5.41, 5.74) is 6.77. The van der Waals surface area contributed by atoms with Gasteiger partial charge in [-0.05, 0) is 24.8 Å². The second kappa shape index (κ2) is 5.37. The lowest BCUT2D eigenvalue weighted by molar-refractivity contribution is 0.394. The van der Waals surface area contributed by atoms with Gasteiger partial charge in [0.1, 0.15) is 5.03 Å². The Morgan fingerprint density at radius 2 is 2.05 bits per heavy atom. The molecular weight excluding hydrogens is 254 g/mol. The predicted octanol–water partition coefficient (Wildman–Crippen LogP) is 3.88. The highest BCUT2D eigenvalue weighted by Gasteiger charge is 2.21. The number of anilines is 1. The van der Waals surface area contributed by atoms with Gasteiger partial charge in [-0.2, -0.15) is 0 Å². The van der Waals surface area contributed by atoms with Crippen molar-refractivity contribution in [3.63, 3.8) is 0 Å². The lowest BCUT2D eigenvalue weighted by Gasteiger charge is -2.26. The first kappa shape index (κ1) is 12.7. The van der Waals surface area contributed by atoms with Crippen LogP contribution >= 0.6 is 11.8 Å². The molecule has 3 nitrogen and oxygen atoms in total. The second-order valence-corrected chi connectivity index (χ2v) is 6.70. The molecule has 0 aliphatic heterocycles. The average molecular weight is 273 g/mol. The summed E-state index contributed by atoms with van der Waals surface area (Å²) in [7, 11) is 0. The smallest absolute Gasteiger partial charge is 0.221 e. The summed E-state index contributed by atoms with van der Waals surface area (Å²) >= 11 is 1.88. The van der Waals surface area contributed by atoms with Crippen LogP contribution in [0.5, 0.6) is 0 Å². The third-order valence-electron chi connectivity index (χ3n) is 3.75. The summed E-state index contributed by atoms with van der Waals surface area (Å²) in [5.74, 6) is 1.21. The summed E-state index contributed by atoms with van der Waals surface area (Å²) < 4.78 is 0. The number of hydrogen-bond acceptors (Lipinski definition) is 4. The lowest BCUT2D eigenvalue weighted by Crippen LogP contribution is -2.15. The number of para-hydroxylation sites is 1. The van der Waals surface area contributed by atoms with Gasteiger partial charge in [-0.15, -0.1) is 11.8 Å². The third kappa shape index (κ3) is 2.84. The second-order valence-electron chi connectivity index (χ2n) is 5.42. The van der Waals surface area contributed by atoms with Crippen molar-refractivity contribution in [2.45, 2.75) is 42.9 Å². The Morgan fingerprint density at radius 3 is 2.89 bits per heavy atom. The number of benzene rings is 1. The van der Waals surface area contributed by atoms with E-state index in [1.807, 2.05) is 30.0 Å². The van der Waals surface area contributed by atoms with E-state index in [2.05, 4.69) is 23.0 Å². The van der Waals surface area contributed by atoms with Crippen LogP contribution in [-0.4, -0.2) is 15.2 Å². The molecule has 0 radical (unpaired) electrons. The number of nitrogens with zero attached hydrogens (tertiary/aromatic N) is 2. The van der Waals surface area contributed by atoms with Crippen molar-refractivity contribution in [1.82, 2.24) is 9.97 Å². The monoisotopic (exact) mass is 273 g/mol. The summed E-state index contributed by atoms with van der Waals surface area (Å²) in [6, 6.07) is 8.12. The van der Waals surface area contributed by atoms with Crippen LogP contribution in [0.25, 0.3) is 10.9 Å². The van der Waals surface area contributed by atoms with Gasteiger partial charge in [-0.3, -0.25) is 0 Å². The molecule has 19 heavy (non-hydrogen) atoms. The van der Waals surface area contributed by atoms with Crippen molar-refractivity contribution in [3.05, 3.63) is 24.3 Å². The van der Waals surface area contributed by atoms with Crippen LogP contribution in [0.1, 0.15) is 32.6 Å². The molecule has 1 saturated carbocycles. The fourth-order valence-electron chi connectivity index (χ4n) is 2.80. The van der Waals surface area contributed by atoms with E-state index in [9.17, 15) is 0 Å². The van der Waals surface area contributed by atoms with Crippen LogP contribution < -0.4 is 5.73 Å². The molecule has 2 atom stereocenters. The Balaban J connectivity index is 1.91. The zero-order valence-corrected chi connectivity index (χ0v) is 12.0. The first-order chi connectivity index (χ1) is 9.22. The van der Waals surface area contributed by atoms with Crippen molar-refractivity contribution < 1.29 is 0 Å². The largest absolute Gasteiger partial charge is 0.368 e. The van der Waals surface area contributed by atoms with Gasteiger partial charge >= 0.3 is 0 Å². The fraction of sp³-hybridized carbons (Fsp3) is 0.467. The van der Waals surface area contributed by atoms with E-state index in [0.29, 0.717) is 11.2 Å². The predicted molar refractivity (Wildman–Crippen MR) is 81.2 cm³/mol. The summed E-state index contributed by atoms with van der Waals surface area (Å²) in [5, 5.41) is 2.84. The molecule has 1 heterocycles. The Bertz CT molecular complexity index is 585. The molecule has 3 rings (SSSR count). The zero-order valence-electron chi connectivity index (χ0n) is 11.2. The maximum Gasteiger partial charge on any atom is 0.221 e. The number of nitrogen functional groups attached to an aromatic ring is 1. The van der Waals surface area contributed by atoms with E-state index in [0.717, 1.165) is 21.8 Å². The minimum atomic E-state index is 0.380. The number of nitrogens with two attached hydrogens (primary N) is 1. The molecule has 1 aromatic heterocycles. The lowest BCUT2D eigenvalue weighted by atomic mass is 9.91.